The number of aromatic nitrogens is 3. The molecule has 1 unspecified atom stereocenters. The molecule has 1 N–H and O–H groups in total. The van der Waals surface area contributed by atoms with E-state index in [4.69, 9.17) is 4.74 Å². The Bertz CT molecular complexity index is 921. The Morgan fingerprint density at radius 2 is 1.80 bits per heavy atom. The van der Waals surface area contributed by atoms with Gasteiger partial charge in [-0.05, 0) is 44.0 Å². The highest BCUT2D eigenvalue weighted by atomic mass is 16.5. The monoisotopic (exact) mass is 337 g/mol. The van der Waals surface area contributed by atoms with E-state index in [-0.39, 0.29) is 18.1 Å². The number of aliphatic hydroxyl groups is 1. The summed E-state index contributed by atoms with van der Waals surface area (Å²) in [4.78, 5) is 24.8. The molecule has 128 valence electrons. The number of fused-ring (bicyclic) bond motifs is 1. The standard InChI is InChI=1S/C19H19N3O3/c1-12-4-5-14-6-7-15(22-16(14)8-12)17(23)25-11-19(3,24)18-20-9-13(2)10-21-18/h4-10,24H,11H2,1-3H3. The number of carbonyl (C=O) groups is 1. The predicted molar refractivity (Wildman–Crippen MR) is 93.1 cm³/mol. The molecule has 0 saturated carbocycles. The van der Waals surface area contributed by atoms with Gasteiger partial charge in [0.25, 0.3) is 0 Å². The molecule has 0 aliphatic rings. The first-order valence-electron chi connectivity index (χ1n) is 7.91. The van der Waals surface area contributed by atoms with Gasteiger partial charge in [0.05, 0.1) is 5.52 Å². The van der Waals surface area contributed by atoms with Gasteiger partial charge in [0.15, 0.2) is 11.4 Å². The maximum absolute atomic E-state index is 12.3. The summed E-state index contributed by atoms with van der Waals surface area (Å²) in [5.74, 6) is -0.399. The van der Waals surface area contributed by atoms with Gasteiger partial charge in [0, 0.05) is 17.8 Å². The number of aryl methyl sites for hydroxylation is 2. The molecule has 0 fully saturated rings. The Labute approximate surface area is 145 Å². The van der Waals surface area contributed by atoms with Crippen molar-refractivity contribution in [3.63, 3.8) is 0 Å². The lowest BCUT2D eigenvalue weighted by Crippen LogP contribution is -2.31. The van der Waals surface area contributed by atoms with Crippen molar-refractivity contribution >= 4 is 16.9 Å². The van der Waals surface area contributed by atoms with Crippen molar-refractivity contribution in [1.29, 1.82) is 0 Å². The van der Waals surface area contributed by atoms with Crippen LogP contribution in [0.15, 0.2) is 42.7 Å². The molecule has 3 rings (SSSR count). The maximum Gasteiger partial charge on any atom is 0.357 e. The summed E-state index contributed by atoms with van der Waals surface area (Å²) >= 11 is 0. The van der Waals surface area contributed by atoms with Crippen LogP contribution >= 0.6 is 0 Å². The van der Waals surface area contributed by atoms with Gasteiger partial charge in [-0.25, -0.2) is 19.7 Å². The predicted octanol–water partition coefficient (Wildman–Crippen LogP) is 2.71. The second-order valence-electron chi connectivity index (χ2n) is 6.33. The van der Waals surface area contributed by atoms with Crippen molar-refractivity contribution < 1.29 is 14.6 Å². The van der Waals surface area contributed by atoms with Gasteiger partial charge < -0.3 is 9.84 Å². The van der Waals surface area contributed by atoms with Gasteiger partial charge in [0.1, 0.15) is 12.3 Å². The minimum absolute atomic E-state index is 0.193. The number of esters is 1. The maximum atomic E-state index is 12.3. The highest BCUT2D eigenvalue weighted by Crippen LogP contribution is 2.18. The number of benzene rings is 1. The lowest BCUT2D eigenvalue weighted by Gasteiger charge is -2.21. The van der Waals surface area contributed by atoms with E-state index in [1.54, 1.807) is 18.5 Å². The van der Waals surface area contributed by atoms with Crippen molar-refractivity contribution in [1.82, 2.24) is 15.0 Å². The number of rotatable bonds is 4. The molecular formula is C19H19N3O3. The van der Waals surface area contributed by atoms with Crippen molar-refractivity contribution in [3.8, 4) is 0 Å². The summed E-state index contributed by atoms with van der Waals surface area (Å²) in [6.07, 6.45) is 3.21. The Morgan fingerprint density at radius 3 is 2.52 bits per heavy atom. The molecule has 25 heavy (non-hydrogen) atoms. The normalized spacial score (nSPS) is 13.4. The summed E-state index contributed by atoms with van der Waals surface area (Å²) in [6, 6.07) is 9.27. The quantitative estimate of drug-likeness (QED) is 0.737. The third-order valence-corrected chi connectivity index (χ3v) is 3.80. The first kappa shape index (κ1) is 17.0. The van der Waals surface area contributed by atoms with Gasteiger partial charge in [0.2, 0.25) is 0 Å². The zero-order valence-corrected chi connectivity index (χ0v) is 14.4. The minimum atomic E-state index is -1.48. The van der Waals surface area contributed by atoms with Gasteiger partial charge in [-0.2, -0.15) is 0 Å². The fourth-order valence-electron chi connectivity index (χ4n) is 2.36. The number of ether oxygens (including phenoxy) is 1. The van der Waals surface area contributed by atoms with Crippen molar-refractivity contribution in [2.24, 2.45) is 0 Å². The molecule has 0 saturated heterocycles. The molecule has 1 aromatic carbocycles. The summed E-state index contributed by atoms with van der Waals surface area (Å²) in [7, 11) is 0. The molecule has 3 aromatic rings. The van der Waals surface area contributed by atoms with Gasteiger partial charge in [-0.3, -0.25) is 0 Å². The van der Waals surface area contributed by atoms with Crippen LogP contribution in [-0.4, -0.2) is 32.6 Å². The molecule has 0 radical (unpaired) electrons. The fourth-order valence-corrected chi connectivity index (χ4v) is 2.36. The van der Waals surface area contributed by atoms with Crippen LogP contribution in [0.2, 0.25) is 0 Å². The summed E-state index contributed by atoms with van der Waals surface area (Å²) in [5, 5.41) is 11.4. The molecule has 0 amide bonds. The Kier molecular flexibility index (Phi) is 4.46. The van der Waals surface area contributed by atoms with Crippen LogP contribution in [0.5, 0.6) is 0 Å². The van der Waals surface area contributed by atoms with Crippen LogP contribution in [0.25, 0.3) is 10.9 Å². The van der Waals surface area contributed by atoms with Crippen LogP contribution in [0, 0.1) is 13.8 Å². The molecule has 6 heteroatoms. The molecule has 0 aliphatic heterocycles. The van der Waals surface area contributed by atoms with Crippen molar-refractivity contribution in [3.05, 3.63) is 65.4 Å². The summed E-state index contributed by atoms with van der Waals surface area (Å²) in [6.45, 7) is 5.06. The van der Waals surface area contributed by atoms with Crippen LogP contribution in [0.3, 0.4) is 0 Å². The van der Waals surface area contributed by atoms with Crippen LogP contribution < -0.4 is 0 Å². The van der Waals surface area contributed by atoms with Crippen LogP contribution in [0.1, 0.15) is 34.4 Å². The van der Waals surface area contributed by atoms with E-state index < -0.39 is 11.6 Å². The van der Waals surface area contributed by atoms with E-state index in [1.165, 1.54) is 6.92 Å². The van der Waals surface area contributed by atoms with Gasteiger partial charge >= 0.3 is 5.97 Å². The molecule has 0 aliphatic carbocycles. The van der Waals surface area contributed by atoms with Crippen molar-refractivity contribution in [2.45, 2.75) is 26.4 Å². The van der Waals surface area contributed by atoms with Crippen LogP contribution in [0.4, 0.5) is 0 Å². The third kappa shape index (κ3) is 3.80. The number of hydrogen-bond donors (Lipinski definition) is 1. The number of hydrogen-bond acceptors (Lipinski definition) is 6. The average Bonchev–Trinajstić information content (AvgIpc) is 2.59. The lowest BCUT2D eigenvalue weighted by molar-refractivity contribution is -0.0295. The van der Waals surface area contributed by atoms with E-state index in [9.17, 15) is 9.90 Å². The van der Waals surface area contributed by atoms with E-state index in [2.05, 4.69) is 15.0 Å². The molecule has 0 spiro atoms. The zero-order chi connectivity index (χ0) is 18.0. The molecule has 6 nitrogen and oxygen atoms in total. The van der Waals surface area contributed by atoms with Gasteiger partial charge in [-0.1, -0.05) is 18.2 Å². The molecule has 0 bridgehead atoms. The van der Waals surface area contributed by atoms with Gasteiger partial charge in [-0.15, -0.1) is 0 Å². The molecule has 1 atom stereocenters. The number of pyridine rings is 1. The highest BCUT2D eigenvalue weighted by molar-refractivity contribution is 5.91. The topological polar surface area (TPSA) is 85.2 Å². The second-order valence-corrected chi connectivity index (χ2v) is 6.33. The van der Waals surface area contributed by atoms with Crippen molar-refractivity contribution in [2.75, 3.05) is 6.61 Å². The van der Waals surface area contributed by atoms with E-state index in [1.807, 2.05) is 38.1 Å². The second kappa shape index (κ2) is 6.57. The highest BCUT2D eigenvalue weighted by Gasteiger charge is 2.29. The van der Waals surface area contributed by atoms with Crippen LogP contribution in [-0.2, 0) is 10.3 Å². The van der Waals surface area contributed by atoms with E-state index in [0.29, 0.717) is 0 Å². The first-order chi connectivity index (χ1) is 11.8. The average molecular weight is 337 g/mol. The summed E-state index contributed by atoms with van der Waals surface area (Å²) in [5.41, 5.74) is 1.38. The Morgan fingerprint density at radius 1 is 1.12 bits per heavy atom. The SMILES string of the molecule is Cc1cnc(C(C)(O)COC(=O)c2ccc3ccc(C)cc3n2)nc1. The lowest BCUT2D eigenvalue weighted by atomic mass is 10.1. The molecule has 2 aromatic heterocycles. The zero-order valence-electron chi connectivity index (χ0n) is 14.4. The number of nitrogens with zero attached hydrogens (tertiary/aromatic N) is 3. The summed E-state index contributed by atoms with van der Waals surface area (Å²) < 4.78 is 5.23. The molecule has 2 heterocycles. The third-order valence-electron chi connectivity index (χ3n) is 3.80. The Hall–Kier alpha value is -2.86. The Balaban J connectivity index is 1.74. The van der Waals surface area contributed by atoms with E-state index in [0.717, 1.165) is 22.0 Å². The largest absolute Gasteiger partial charge is 0.457 e. The van der Waals surface area contributed by atoms with E-state index >= 15 is 0 Å². The minimum Gasteiger partial charge on any atom is -0.457 e. The first-order valence-corrected chi connectivity index (χ1v) is 7.91. The smallest absolute Gasteiger partial charge is 0.357 e. The molecular weight excluding hydrogens is 318 g/mol. The number of carbonyl (C=O) groups excluding carboxylic acids is 1. The fraction of sp³-hybridized carbons (Fsp3) is 0.263.